The van der Waals surface area contributed by atoms with E-state index < -0.39 is 10.1 Å². The third-order valence-electron chi connectivity index (χ3n) is 2.29. The van der Waals surface area contributed by atoms with Gasteiger partial charge in [-0.2, -0.15) is 8.42 Å². The van der Waals surface area contributed by atoms with Gasteiger partial charge in [-0.3, -0.25) is 9.35 Å². The summed E-state index contributed by atoms with van der Waals surface area (Å²) in [6.07, 6.45) is 5.84. The van der Waals surface area contributed by atoms with Gasteiger partial charge in [-0.15, -0.1) is 0 Å². The number of unbranched alkanes of at least 4 members (excludes halogenated alkanes) is 4. The number of ether oxygens (including phenoxy) is 1. The predicted molar refractivity (Wildman–Crippen MR) is 71.1 cm³/mol. The van der Waals surface area contributed by atoms with Crippen molar-refractivity contribution in [3.63, 3.8) is 0 Å². The summed E-state index contributed by atoms with van der Waals surface area (Å²) in [6, 6.07) is 0. The molecule has 0 aromatic rings. The van der Waals surface area contributed by atoms with Gasteiger partial charge in [0.2, 0.25) is 0 Å². The molecule has 0 bridgehead atoms. The number of esters is 1. The van der Waals surface area contributed by atoms with Crippen LogP contribution in [0.15, 0.2) is 0 Å². The Kier molecular flexibility index (Phi) is 14.3. The minimum atomic E-state index is -3.94. The fourth-order valence-electron chi connectivity index (χ4n) is 1.37. The van der Waals surface area contributed by atoms with Crippen molar-refractivity contribution in [2.24, 2.45) is 0 Å². The molecule has 0 spiro atoms. The van der Waals surface area contributed by atoms with Crippen LogP contribution in [-0.4, -0.2) is 60.9 Å². The summed E-state index contributed by atoms with van der Waals surface area (Å²) >= 11 is 0. The van der Waals surface area contributed by atoms with Gasteiger partial charge >= 0.3 is 5.97 Å². The molecular formula is C11H22NaO5S. The second kappa shape index (κ2) is 12.4. The molecule has 5 nitrogen and oxygen atoms in total. The van der Waals surface area contributed by atoms with Crippen molar-refractivity contribution < 1.29 is 22.5 Å². The molecule has 0 rings (SSSR count). The zero-order valence-electron chi connectivity index (χ0n) is 11.4. The molecule has 0 unspecified atom stereocenters. The summed E-state index contributed by atoms with van der Waals surface area (Å²) in [6.45, 7) is 2.18. The maximum Gasteiger partial charge on any atom is 0.305 e. The van der Waals surface area contributed by atoms with Gasteiger partial charge in [0, 0.05) is 36.0 Å². The number of rotatable bonds is 10. The first-order chi connectivity index (χ1) is 7.95. The van der Waals surface area contributed by atoms with E-state index in [1.165, 1.54) is 12.8 Å². The molecule has 0 aromatic carbocycles. The monoisotopic (exact) mass is 289 g/mol. The van der Waals surface area contributed by atoms with Crippen molar-refractivity contribution in [3.8, 4) is 0 Å². The second-order valence-electron chi connectivity index (χ2n) is 4.02. The Morgan fingerprint density at radius 2 is 1.72 bits per heavy atom. The van der Waals surface area contributed by atoms with Crippen LogP contribution in [0.3, 0.4) is 0 Å². The van der Waals surface area contributed by atoms with E-state index in [-0.39, 0.29) is 54.3 Å². The number of hydrogen-bond acceptors (Lipinski definition) is 4. The third-order valence-corrected chi connectivity index (χ3v) is 3.10. The molecule has 0 amide bonds. The van der Waals surface area contributed by atoms with Crippen molar-refractivity contribution in [1.29, 1.82) is 0 Å². The molecular weight excluding hydrogens is 267 g/mol. The van der Waals surface area contributed by atoms with Gasteiger partial charge < -0.3 is 4.74 Å². The zero-order valence-corrected chi connectivity index (χ0v) is 14.2. The van der Waals surface area contributed by atoms with Crippen LogP contribution >= 0.6 is 0 Å². The molecule has 0 aliphatic carbocycles. The molecule has 1 radical (unpaired) electrons. The maximum absolute atomic E-state index is 11.2. The van der Waals surface area contributed by atoms with Gasteiger partial charge in [-0.25, -0.2) is 0 Å². The summed E-state index contributed by atoms with van der Waals surface area (Å²) in [5, 5.41) is 0. The largest absolute Gasteiger partial charge is 0.466 e. The van der Waals surface area contributed by atoms with Crippen molar-refractivity contribution >= 4 is 45.6 Å². The summed E-state index contributed by atoms with van der Waals surface area (Å²) in [5.74, 6) is -0.659. The van der Waals surface area contributed by atoms with Crippen molar-refractivity contribution in [2.45, 2.75) is 51.9 Å². The Balaban J connectivity index is 0. The molecule has 0 heterocycles. The fourth-order valence-corrected chi connectivity index (χ4v) is 1.86. The van der Waals surface area contributed by atoms with Crippen LogP contribution in [0.5, 0.6) is 0 Å². The Morgan fingerprint density at radius 3 is 2.28 bits per heavy atom. The Morgan fingerprint density at radius 1 is 1.11 bits per heavy atom. The van der Waals surface area contributed by atoms with E-state index in [1.54, 1.807) is 0 Å². The quantitative estimate of drug-likeness (QED) is 0.287. The van der Waals surface area contributed by atoms with Crippen LogP contribution in [0.4, 0.5) is 0 Å². The van der Waals surface area contributed by atoms with Gasteiger partial charge in [0.1, 0.15) is 0 Å². The maximum atomic E-state index is 11.2. The normalized spacial score (nSPS) is 10.8. The topological polar surface area (TPSA) is 80.7 Å². The molecule has 0 fully saturated rings. The average molecular weight is 289 g/mol. The molecule has 0 saturated heterocycles. The van der Waals surface area contributed by atoms with Crippen LogP contribution in [0.2, 0.25) is 0 Å². The molecule has 7 heteroatoms. The van der Waals surface area contributed by atoms with Gasteiger partial charge in [0.25, 0.3) is 10.1 Å². The van der Waals surface area contributed by atoms with Crippen LogP contribution in [0.1, 0.15) is 51.9 Å². The summed E-state index contributed by atoms with van der Waals surface area (Å²) < 4.78 is 34.0. The van der Waals surface area contributed by atoms with E-state index in [0.717, 1.165) is 19.3 Å². The van der Waals surface area contributed by atoms with E-state index in [9.17, 15) is 13.2 Å². The summed E-state index contributed by atoms with van der Waals surface area (Å²) in [4.78, 5) is 11.2. The minimum Gasteiger partial charge on any atom is -0.466 e. The summed E-state index contributed by atoms with van der Waals surface area (Å²) in [5.41, 5.74) is 0. The van der Waals surface area contributed by atoms with E-state index in [2.05, 4.69) is 6.92 Å². The second-order valence-corrected chi connectivity index (χ2v) is 5.60. The molecule has 18 heavy (non-hydrogen) atoms. The molecule has 0 atom stereocenters. The SMILES string of the molecule is CCCCCCCC(=O)OCCCS(=O)(=O)O.[Na]. The number of carbonyl (C=O) groups excluding carboxylic acids is 1. The first kappa shape index (κ1) is 20.7. The molecule has 0 aliphatic heterocycles. The standard InChI is InChI=1S/C11H22O5S.Na/c1-2-3-4-5-6-8-11(12)16-9-7-10-17(13,14)15;/h2-10H2,1H3,(H,13,14,15);. The molecule has 0 aliphatic rings. The first-order valence-electron chi connectivity index (χ1n) is 6.06. The van der Waals surface area contributed by atoms with Gasteiger partial charge in [0.05, 0.1) is 12.4 Å². The van der Waals surface area contributed by atoms with Crippen LogP contribution in [0, 0.1) is 0 Å². The van der Waals surface area contributed by atoms with E-state index >= 15 is 0 Å². The van der Waals surface area contributed by atoms with Crippen LogP contribution in [0.25, 0.3) is 0 Å². The van der Waals surface area contributed by atoms with Gasteiger partial charge in [0.15, 0.2) is 0 Å². The smallest absolute Gasteiger partial charge is 0.305 e. The van der Waals surface area contributed by atoms with Gasteiger partial charge in [-0.1, -0.05) is 32.6 Å². The first-order valence-corrected chi connectivity index (χ1v) is 7.67. The fraction of sp³-hybridized carbons (Fsp3) is 0.909. The van der Waals surface area contributed by atoms with Gasteiger partial charge in [-0.05, 0) is 12.8 Å². The Bertz CT molecular complexity index is 303. The predicted octanol–water partition coefficient (Wildman–Crippen LogP) is 1.79. The van der Waals surface area contributed by atoms with Crippen molar-refractivity contribution in [1.82, 2.24) is 0 Å². The third kappa shape index (κ3) is 16.4. The molecule has 0 saturated carbocycles. The minimum absolute atomic E-state index is 0. The Labute approximate surface area is 132 Å². The van der Waals surface area contributed by atoms with Crippen molar-refractivity contribution in [3.05, 3.63) is 0 Å². The van der Waals surface area contributed by atoms with E-state index in [1.807, 2.05) is 0 Å². The molecule has 1 N–H and O–H groups in total. The Hall–Kier alpha value is 0.380. The van der Waals surface area contributed by atoms with Crippen LogP contribution in [-0.2, 0) is 19.6 Å². The van der Waals surface area contributed by atoms with E-state index in [0.29, 0.717) is 6.42 Å². The zero-order chi connectivity index (χ0) is 13.1. The molecule has 0 aromatic heterocycles. The number of hydrogen-bond donors (Lipinski definition) is 1. The summed E-state index contributed by atoms with van der Waals surface area (Å²) in [7, 11) is -3.94. The average Bonchev–Trinajstić information content (AvgIpc) is 2.23. The molecule has 103 valence electrons. The number of carbonyl (C=O) groups is 1. The van der Waals surface area contributed by atoms with E-state index in [4.69, 9.17) is 9.29 Å². The van der Waals surface area contributed by atoms with Crippen molar-refractivity contribution in [2.75, 3.05) is 12.4 Å². The van der Waals surface area contributed by atoms with Crippen LogP contribution < -0.4 is 0 Å².